The maximum atomic E-state index is 12.6. The molecule has 0 aromatic rings. The van der Waals surface area contributed by atoms with E-state index in [0.29, 0.717) is 6.42 Å². The third-order valence-electron chi connectivity index (χ3n) is 11.0. The van der Waals surface area contributed by atoms with E-state index in [9.17, 15) is 19.0 Å². The number of carbonyl (C=O) groups is 2. The molecule has 62 heavy (non-hydrogen) atoms. The van der Waals surface area contributed by atoms with Gasteiger partial charge in [0.15, 0.2) is 6.10 Å². The molecule has 0 amide bonds. The van der Waals surface area contributed by atoms with Crippen molar-refractivity contribution in [2.75, 3.05) is 26.4 Å². The van der Waals surface area contributed by atoms with Crippen molar-refractivity contribution in [2.45, 2.75) is 245 Å². The molecule has 0 saturated heterocycles. The second kappa shape index (κ2) is 48.4. The number of ether oxygens (including phenoxy) is 2. The standard InChI is InChI=1S/C52H96NO8P/c1-3-5-7-9-11-13-15-17-19-21-23-24-25-27-28-30-32-34-36-38-40-42-44-51(54)58-48-50(49-60-62(56,57)59-47-46-53)61-52(55)45-43-41-39-37-35-33-31-29-26-22-20-18-16-14-12-10-8-6-4-2/h6,8,12,14,18,20,26,29,50H,3-5,7,9-11,13,15-17,19,21-25,27-28,30-49,53H2,1-2H3,(H,56,57)/b8-6-,14-12-,20-18-,29-26-. The Morgan fingerprint density at radius 3 is 1.32 bits per heavy atom. The molecule has 3 N–H and O–H groups in total. The van der Waals surface area contributed by atoms with Crippen molar-refractivity contribution in [3.63, 3.8) is 0 Å². The van der Waals surface area contributed by atoms with E-state index in [2.05, 4.69) is 62.5 Å². The van der Waals surface area contributed by atoms with Crippen LogP contribution in [0.2, 0.25) is 0 Å². The normalized spacial score (nSPS) is 13.5. The van der Waals surface area contributed by atoms with E-state index >= 15 is 0 Å². The van der Waals surface area contributed by atoms with Crippen LogP contribution in [0.4, 0.5) is 0 Å². The summed E-state index contributed by atoms with van der Waals surface area (Å²) in [5.41, 5.74) is 5.37. The van der Waals surface area contributed by atoms with Crippen LogP contribution < -0.4 is 5.73 Å². The quantitative estimate of drug-likeness (QED) is 0.0265. The number of hydrogen-bond donors (Lipinski definition) is 2. The van der Waals surface area contributed by atoms with Crippen LogP contribution in [0.15, 0.2) is 48.6 Å². The maximum Gasteiger partial charge on any atom is 0.472 e. The molecule has 10 heteroatoms. The van der Waals surface area contributed by atoms with Gasteiger partial charge in [0.05, 0.1) is 13.2 Å². The first-order valence-corrected chi connectivity index (χ1v) is 27.1. The highest BCUT2D eigenvalue weighted by molar-refractivity contribution is 7.47. The van der Waals surface area contributed by atoms with Crippen molar-refractivity contribution < 1.29 is 37.6 Å². The topological polar surface area (TPSA) is 134 Å². The fourth-order valence-electron chi connectivity index (χ4n) is 7.22. The molecule has 0 aliphatic heterocycles. The number of allylic oxidation sites excluding steroid dienone is 8. The Bertz CT molecular complexity index is 1160. The molecule has 0 aromatic carbocycles. The summed E-state index contributed by atoms with van der Waals surface area (Å²) in [6.45, 7) is 3.64. The molecule has 0 aliphatic rings. The van der Waals surface area contributed by atoms with Gasteiger partial charge in [0.1, 0.15) is 6.61 Å². The third-order valence-corrected chi connectivity index (χ3v) is 12.0. The molecule has 0 aromatic heterocycles. The van der Waals surface area contributed by atoms with E-state index < -0.39 is 26.5 Å². The summed E-state index contributed by atoms with van der Waals surface area (Å²) in [7, 11) is -4.39. The maximum absolute atomic E-state index is 12.6. The lowest BCUT2D eigenvalue weighted by Crippen LogP contribution is -2.29. The average Bonchev–Trinajstić information content (AvgIpc) is 3.26. The zero-order valence-electron chi connectivity index (χ0n) is 40.1. The fourth-order valence-corrected chi connectivity index (χ4v) is 7.98. The van der Waals surface area contributed by atoms with Gasteiger partial charge in [-0.05, 0) is 51.4 Å². The Balaban J connectivity index is 4.04. The molecule has 0 bridgehead atoms. The molecule has 0 saturated carbocycles. The van der Waals surface area contributed by atoms with E-state index in [1.807, 2.05) is 0 Å². The number of rotatable bonds is 48. The smallest absolute Gasteiger partial charge is 0.462 e. The highest BCUT2D eigenvalue weighted by Gasteiger charge is 2.26. The lowest BCUT2D eigenvalue weighted by molar-refractivity contribution is -0.161. The highest BCUT2D eigenvalue weighted by Crippen LogP contribution is 2.43. The van der Waals surface area contributed by atoms with Crippen molar-refractivity contribution in [1.29, 1.82) is 0 Å². The summed E-state index contributed by atoms with van der Waals surface area (Å²) in [6, 6.07) is 0. The summed E-state index contributed by atoms with van der Waals surface area (Å²) >= 11 is 0. The van der Waals surface area contributed by atoms with Crippen LogP contribution in [0, 0.1) is 0 Å². The molecule has 0 aliphatic carbocycles. The summed E-state index contributed by atoms with van der Waals surface area (Å²) in [5.74, 6) is -0.836. The predicted molar refractivity (Wildman–Crippen MR) is 261 cm³/mol. The highest BCUT2D eigenvalue weighted by atomic mass is 31.2. The summed E-state index contributed by atoms with van der Waals surface area (Å²) < 4.78 is 32.9. The van der Waals surface area contributed by atoms with E-state index in [4.69, 9.17) is 24.3 Å². The number of esters is 2. The summed E-state index contributed by atoms with van der Waals surface area (Å²) in [6.07, 6.45) is 57.2. The molecule has 0 heterocycles. The van der Waals surface area contributed by atoms with Crippen LogP contribution in [0.25, 0.3) is 0 Å². The van der Waals surface area contributed by atoms with Gasteiger partial charge in [-0.25, -0.2) is 4.57 Å². The first-order valence-electron chi connectivity index (χ1n) is 25.6. The van der Waals surface area contributed by atoms with Crippen LogP contribution in [0.1, 0.15) is 239 Å². The Labute approximate surface area is 381 Å². The number of phosphoric ester groups is 1. The molecule has 0 fully saturated rings. The van der Waals surface area contributed by atoms with Crippen LogP contribution in [0.3, 0.4) is 0 Å². The van der Waals surface area contributed by atoms with Crippen LogP contribution >= 0.6 is 7.82 Å². The van der Waals surface area contributed by atoms with Crippen molar-refractivity contribution in [1.82, 2.24) is 0 Å². The van der Waals surface area contributed by atoms with E-state index in [0.717, 1.165) is 83.5 Å². The number of unbranched alkanes of at least 4 members (excludes halogenated alkanes) is 27. The second-order valence-electron chi connectivity index (χ2n) is 17.0. The van der Waals surface area contributed by atoms with Crippen molar-refractivity contribution in [2.24, 2.45) is 5.73 Å². The second-order valence-corrected chi connectivity index (χ2v) is 18.5. The van der Waals surface area contributed by atoms with Gasteiger partial charge < -0.3 is 20.1 Å². The molecule has 9 nitrogen and oxygen atoms in total. The third kappa shape index (κ3) is 47.4. The summed E-state index contributed by atoms with van der Waals surface area (Å²) in [5, 5.41) is 0. The molecule has 2 atom stereocenters. The molecule has 362 valence electrons. The Kier molecular flexibility index (Phi) is 46.8. The Morgan fingerprint density at radius 1 is 0.500 bits per heavy atom. The Morgan fingerprint density at radius 2 is 0.887 bits per heavy atom. The van der Waals surface area contributed by atoms with E-state index in [1.165, 1.54) is 122 Å². The molecule has 0 radical (unpaired) electrons. The molecular weight excluding hydrogens is 798 g/mol. The van der Waals surface area contributed by atoms with Crippen LogP contribution in [-0.4, -0.2) is 49.3 Å². The number of hydrogen-bond acceptors (Lipinski definition) is 8. The first kappa shape index (κ1) is 60.0. The van der Waals surface area contributed by atoms with Gasteiger partial charge in [0, 0.05) is 19.4 Å². The van der Waals surface area contributed by atoms with Gasteiger partial charge >= 0.3 is 19.8 Å². The molecule has 0 spiro atoms. The minimum Gasteiger partial charge on any atom is -0.462 e. The lowest BCUT2D eigenvalue weighted by atomic mass is 10.0. The van der Waals surface area contributed by atoms with Gasteiger partial charge in [-0.3, -0.25) is 18.6 Å². The van der Waals surface area contributed by atoms with E-state index in [-0.39, 0.29) is 38.6 Å². The monoisotopic (exact) mass is 894 g/mol. The van der Waals surface area contributed by atoms with Crippen molar-refractivity contribution in [3.8, 4) is 0 Å². The van der Waals surface area contributed by atoms with Gasteiger partial charge in [0.25, 0.3) is 0 Å². The van der Waals surface area contributed by atoms with Gasteiger partial charge in [-0.2, -0.15) is 0 Å². The SMILES string of the molecule is CC/C=C\C/C=C\C/C=C\C/C=C\CCCCCCCCC(=O)OC(COC(=O)CCCCCCCCCCCCCCCCCCCCCCCC)COP(=O)(O)OCCN. The van der Waals surface area contributed by atoms with Crippen LogP contribution in [-0.2, 0) is 32.7 Å². The van der Waals surface area contributed by atoms with Crippen molar-refractivity contribution in [3.05, 3.63) is 48.6 Å². The molecular formula is C52H96NO8P. The number of nitrogens with two attached hydrogens (primary N) is 1. The largest absolute Gasteiger partial charge is 0.472 e. The minimum atomic E-state index is -4.39. The fraction of sp³-hybridized carbons (Fsp3) is 0.808. The first-order chi connectivity index (χ1) is 30.3. The zero-order chi connectivity index (χ0) is 45.3. The summed E-state index contributed by atoms with van der Waals surface area (Å²) in [4.78, 5) is 35.1. The van der Waals surface area contributed by atoms with Gasteiger partial charge in [0.2, 0.25) is 0 Å². The van der Waals surface area contributed by atoms with Crippen molar-refractivity contribution >= 4 is 19.8 Å². The number of carbonyl (C=O) groups excluding carboxylic acids is 2. The lowest BCUT2D eigenvalue weighted by Gasteiger charge is -2.19. The van der Waals surface area contributed by atoms with Crippen LogP contribution in [0.5, 0.6) is 0 Å². The predicted octanol–water partition coefficient (Wildman–Crippen LogP) is 15.5. The number of phosphoric acid groups is 1. The Hall–Kier alpha value is -2.03. The molecule has 0 rings (SSSR count). The average molecular weight is 894 g/mol. The zero-order valence-corrected chi connectivity index (χ0v) is 41.0. The minimum absolute atomic E-state index is 0.0504. The van der Waals surface area contributed by atoms with Gasteiger partial charge in [-0.15, -0.1) is 0 Å². The van der Waals surface area contributed by atoms with E-state index in [1.54, 1.807) is 0 Å². The molecule has 2 unspecified atom stereocenters. The van der Waals surface area contributed by atoms with Gasteiger partial charge in [-0.1, -0.05) is 223 Å².